The Hall–Kier alpha value is -1.42. The minimum atomic E-state index is -0.149. The van der Waals surface area contributed by atoms with Crippen LogP contribution in [0.15, 0.2) is 46.0 Å². The topological polar surface area (TPSA) is 41.5 Å². The van der Waals surface area contributed by atoms with Crippen LogP contribution in [0.25, 0.3) is 0 Å². The maximum absolute atomic E-state index is 11.8. The number of carbonyl (C=O) groups excluding carboxylic acids is 1. The molecule has 2 atom stereocenters. The molecule has 2 aliphatic carbocycles. The van der Waals surface area contributed by atoms with Crippen LogP contribution in [0.5, 0.6) is 0 Å². The monoisotopic (exact) mass is 304 g/mol. The van der Waals surface area contributed by atoms with E-state index in [9.17, 15) is 4.79 Å². The predicted molar refractivity (Wildman–Crippen MR) is 74.4 cm³/mol. The summed E-state index contributed by atoms with van der Waals surface area (Å²) in [5.74, 6) is 1.05. The lowest BCUT2D eigenvalue weighted by Gasteiger charge is -2.31. The number of carbonyl (C=O) groups is 1. The number of fused-ring (bicyclic) bond motifs is 1. The highest BCUT2D eigenvalue weighted by molar-refractivity contribution is 9.10. The Balaban J connectivity index is 1.62. The van der Waals surface area contributed by atoms with Gasteiger partial charge in [-0.2, -0.15) is 5.10 Å². The van der Waals surface area contributed by atoms with Crippen molar-refractivity contribution in [3.05, 3.63) is 46.5 Å². The van der Waals surface area contributed by atoms with Crippen molar-refractivity contribution in [2.45, 2.75) is 12.8 Å². The smallest absolute Gasteiger partial charge is 0.267 e. The summed E-state index contributed by atoms with van der Waals surface area (Å²) in [6.45, 7) is 0. The Bertz CT molecular complexity index is 533. The summed E-state index contributed by atoms with van der Waals surface area (Å²) in [4.78, 5) is 11.8. The molecule has 1 fully saturated rings. The number of hydrogen-bond acceptors (Lipinski definition) is 2. The Labute approximate surface area is 114 Å². The summed E-state index contributed by atoms with van der Waals surface area (Å²) in [5, 5.41) is 4.24. The number of allylic oxidation sites excluding steroid dienone is 2. The molecule has 1 N–H and O–H groups in total. The highest BCUT2D eigenvalue weighted by atomic mass is 79.9. The number of rotatable bonds is 2. The van der Waals surface area contributed by atoms with E-state index in [2.05, 4.69) is 38.6 Å². The zero-order chi connectivity index (χ0) is 12.5. The Morgan fingerprint density at radius 3 is 2.83 bits per heavy atom. The number of halogens is 1. The molecule has 0 heterocycles. The van der Waals surface area contributed by atoms with E-state index in [1.165, 1.54) is 0 Å². The minimum absolute atomic E-state index is 0.149. The van der Waals surface area contributed by atoms with Gasteiger partial charge in [0.25, 0.3) is 5.91 Å². The van der Waals surface area contributed by atoms with Gasteiger partial charge >= 0.3 is 0 Å². The fourth-order valence-electron chi connectivity index (χ4n) is 2.45. The van der Waals surface area contributed by atoms with Gasteiger partial charge in [-0.25, -0.2) is 5.43 Å². The zero-order valence-electron chi connectivity index (χ0n) is 9.77. The average Bonchev–Trinajstić information content (AvgIpc) is 2.72. The molecule has 1 amide bonds. The SMILES string of the molecule is O=C(NN=C1CC2C=CCC12)c1ccc(Br)cc1. The molecule has 0 aromatic heterocycles. The molecule has 1 aromatic carbocycles. The molecule has 4 heteroatoms. The second kappa shape index (κ2) is 4.69. The van der Waals surface area contributed by atoms with Crippen molar-refractivity contribution in [3.63, 3.8) is 0 Å². The van der Waals surface area contributed by atoms with E-state index in [-0.39, 0.29) is 5.91 Å². The average molecular weight is 305 g/mol. The molecule has 0 bridgehead atoms. The molecule has 1 saturated carbocycles. The van der Waals surface area contributed by atoms with Gasteiger partial charge in [0.1, 0.15) is 0 Å². The summed E-state index contributed by atoms with van der Waals surface area (Å²) in [5.41, 5.74) is 4.39. The van der Waals surface area contributed by atoms with Crippen molar-refractivity contribution in [3.8, 4) is 0 Å². The van der Waals surface area contributed by atoms with Gasteiger partial charge < -0.3 is 0 Å². The minimum Gasteiger partial charge on any atom is -0.267 e. The predicted octanol–water partition coefficient (Wildman–Crippen LogP) is 3.13. The lowest BCUT2D eigenvalue weighted by atomic mass is 9.74. The third-order valence-electron chi connectivity index (χ3n) is 3.57. The molecule has 0 radical (unpaired) electrons. The number of hydrazone groups is 1. The fraction of sp³-hybridized carbons (Fsp3) is 0.286. The van der Waals surface area contributed by atoms with Crippen LogP contribution in [-0.2, 0) is 0 Å². The van der Waals surface area contributed by atoms with Gasteiger partial charge in [0.15, 0.2) is 0 Å². The molecular weight excluding hydrogens is 292 g/mol. The molecule has 3 rings (SSSR count). The molecule has 3 nitrogen and oxygen atoms in total. The maximum atomic E-state index is 11.8. The summed E-state index contributed by atoms with van der Waals surface area (Å²) < 4.78 is 0.962. The molecule has 0 saturated heterocycles. The quantitative estimate of drug-likeness (QED) is 0.662. The molecule has 92 valence electrons. The van der Waals surface area contributed by atoms with Crippen LogP contribution >= 0.6 is 15.9 Å². The highest BCUT2D eigenvalue weighted by Gasteiger charge is 2.37. The van der Waals surface area contributed by atoms with Crippen LogP contribution in [0.1, 0.15) is 23.2 Å². The van der Waals surface area contributed by atoms with Gasteiger partial charge in [0, 0.05) is 21.7 Å². The summed E-state index contributed by atoms with van der Waals surface area (Å²) >= 11 is 3.34. The summed E-state index contributed by atoms with van der Waals surface area (Å²) in [7, 11) is 0. The molecule has 18 heavy (non-hydrogen) atoms. The molecule has 2 unspecified atom stereocenters. The summed E-state index contributed by atoms with van der Waals surface area (Å²) in [6, 6.07) is 7.26. The first-order chi connectivity index (χ1) is 8.74. The molecule has 0 spiro atoms. The maximum Gasteiger partial charge on any atom is 0.271 e. The third-order valence-corrected chi connectivity index (χ3v) is 4.10. The fourth-order valence-corrected chi connectivity index (χ4v) is 2.72. The Morgan fingerprint density at radius 1 is 1.33 bits per heavy atom. The van der Waals surface area contributed by atoms with E-state index in [1.807, 2.05) is 12.1 Å². The van der Waals surface area contributed by atoms with Gasteiger partial charge in [-0.1, -0.05) is 28.1 Å². The first-order valence-corrected chi connectivity index (χ1v) is 6.82. The molecular formula is C14H13BrN2O. The summed E-state index contributed by atoms with van der Waals surface area (Å²) in [6.07, 6.45) is 6.51. The van der Waals surface area contributed by atoms with Crippen molar-refractivity contribution in [1.82, 2.24) is 5.43 Å². The molecule has 0 aliphatic heterocycles. The zero-order valence-corrected chi connectivity index (χ0v) is 11.4. The Morgan fingerprint density at radius 2 is 2.11 bits per heavy atom. The number of hydrogen-bond donors (Lipinski definition) is 1. The van der Waals surface area contributed by atoms with Gasteiger partial charge in [-0.15, -0.1) is 0 Å². The second-order valence-electron chi connectivity index (χ2n) is 4.69. The second-order valence-corrected chi connectivity index (χ2v) is 5.60. The lowest BCUT2D eigenvalue weighted by molar-refractivity contribution is 0.0954. The number of benzene rings is 1. The van der Waals surface area contributed by atoms with Crippen molar-refractivity contribution in [2.24, 2.45) is 16.9 Å². The normalized spacial score (nSPS) is 26.8. The van der Waals surface area contributed by atoms with Crippen molar-refractivity contribution < 1.29 is 4.79 Å². The van der Waals surface area contributed by atoms with Crippen LogP contribution in [0.4, 0.5) is 0 Å². The first kappa shape index (κ1) is 11.7. The van der Waals surface area contributed by atoms with E-state index >= 15 is 0 Å². The van der Waals surface area contributed by atoms with Crippen LogP contribution in [-0.4, -0.2) is 11.6 Å². The van der Waals surface area contributed by atoms with E-state index in [4.69, 9.17) is 0 Å². The van der Waals surface area contributed by atoms with Crippen LogP contribution in [0, 0.1) is 11.8 Å². The number of amides is 1. The van der Waals surface area contributed by atoms with Gasteiger partial charge in [0.05, 0.1) is 0 Å². The van der Waals surface area contributed by atoms with E-state index < -0.39 is 0 Å². The van der Waals surface area contributed by atoms with Crippen molar-refractivity contribution in [2.75, 3.05) is 0 Å². The van der Waals surface area contributed by atoms with E-state index in [0.29, 0.717) is 17.4 Å². The standard InChI is InChI=1S/C14H13BrN2O/c15-11-6-4-9(5-7-11)14(18)17-16-13-8-10-2-1-3-12(10)13/h1-2,4-7,10,12H,3,8H2,(H,17,18). The van der Waals surface area contributed by atoms with Crippen LogP contribution < -0.4 is 5.43 Å². The first-order valence-electron chi connectivity index (χ1n) is 6.03. The van der Waals surface area contributed by atoms with Crippen LogP contribution in [0.2, 0.25) is 0 Å². The van der Waals surface area contributed by atoms with E-state index in [1.54, 1.807) is 12.1 Å². The highest BCUT2D eigenvalue weighted by Crippen LogP contribution is 2.40. The lowest BCUT2D eigenvalue weighted by Crippen LogP contribution is -2.35. The van der Waals surface area contributed by atoms with Crippen molar-refractivity contribution in [1.29, 1.82) is 0 Å². The van der Waals surface area contributed by atoms with Crippen LogP contribution in [0.3, 0.4) is 0 Å². The third kappa shape index (κ3) is 2.12. The number of nitrogens with zero attached hydrogens (tertiary/aromatic N) is 1. The largest absolute Gasteiger partial charge is 0.271 e. The van der Waals surface area contributed by atoms with E-state index in [0.717, 1.165) is 23.0 Å². The van der Waals surface area contributed by atoms with Gasteiger partial charge in [-0.05, 0) is 43.0 Å². The van der Waals surface area contributed by atoms with Gasteiger partial charge in [0.2, 0.25) is 0 Å². The molecule has 2 aliphatic rings. The molecule has 1 aromatic rings. The van der Waals surface area contributed by atoms with Crippen molar-refractivity contribution >= 4 is 27.5 Å². The number of nitrogens with one attached hydrogen (secondary N) is 1. The van der Waals surface area contributed by atoms with Gasteiger partial charge in [-0.3, -0.25) is 4.79 Å². The Kier molecular flexibility index (Phi) is 3.04.